The molecule has 4 rings (SSSR count). The van der Waals surface area contributed by atoms with Crippen LogP contribution in [0.4, 0.5) is 14.6 Å². The zero-order chi connectivity index (χ0) is 22.4. The van der Waals surface area contributed by atoms with Crippen LogP contribution in [0.25, 0.3) is 0 Å². The van der Waals surface area contributed by atoms with Crippen molar-refractivity contribution in [2.45, 2.75) is 31.8 Å². The molecule has 2 aliphatic rings. The third-order valence-corrected chi connectivity index (χ3v) is 5.74. The van der Waals surface area contributed by atoms with Gasteiger partial charge in [-0.1, -0.05) is 6.07 Å². The minimum Gasteiger partial charge on any atom is -0.493 e. The molecule has 0 bridgehead atoms. The Balaban J connectivity index is 2.00. The summed E-state index contributed by atoms with van der Waals surface area (Å²) in [4.78, 5) is 38.5. The highest BCUT2D eigenvalue weighted by atomic mass is 19.3. The molecule has 0 radical (unpaired) electrons. The smallest absolute Gasteiger partial charge is 0.387 e. The fourth-order valence-corrected chi connectivity index (χ4v) is 4.29. The largest absolute Gasteiger partial charge is 0.493 e. The third kappa shape index (κ3) is 3.31. The number of allylic oxidation sites excluding steroid dienone is 2. The molecule has 1 N–H and O–H groups in total. The lowest BCUT2D eigenvalue weighted by Gasteiger charge is -2.34. The molecule has 10 heteroatoms. The van der Waals surface area contributed by atoms with Gasteiger partial charge in [-0.3, -0.25) is 18.7 Å². The first-order valence-electron chi connectivity index (χ1n) is 9.70. The van der Waals surface area contributed by atoms with Gasteiger partial charge < -0.3 is 14.8 Å². The number of hydrogen-bond donors (Lipinski definition) is 1. The normalized spacial score (nSPS) is 17.9. The van der Waals surface area contributed by atoms with Crippen molar-refractivity contribution in [2.75, 3.05) is 12.4 Å². The van der Waals surface area contributed by atoms with Crippen molar-refractivity contribution in [3.05, 3.63) is 61.4 Å². The van der Waals surface area contributed by atoms with Gasteiger partial charge in [0.2, 0.25) is 0 Å². The van der Waals surface area contributed by atoms with E-state index in [1.807, 2.05) is 0 Å². The summed E-state index contributed by atoms with van der Waals surface area (Å²) in [6, 6.07) is 4.33. The Kier molecular flexibility index (Phi) is 5.16. The minimum atomic E-state index is -3.03. The van der Waals surface area contributed by atoms with Gasteiger partial charge >= 0.3 is 12.3 Å². The summed E-state index contributed by atoms with van der Waals surface area (Å²) in [5, 5.41) is 3.13. The van der Waals surface area contributed by atoms with Crippen LogP contribution in [0, 0.1) is 0 Å². The van der Waals surface area contributed by atoms with Crippen molar-refractivity contribution in [2.24, 2.45) is 14.1 Å². The van der Waals surface area contributed by atoms with E-state index in [1.165, 1.54) is 36.9 Å². The number of carbonyl (C=O) groups excluding carboxylic acids is 1. The molecule has 0 spiro atoms. The zero-order valence-electron chi connectivity index (χ0n) is 17.2. The molecule has 0 unspecified atom stereocenters. The number of aromatic nitrogens is 2. The lowest BCUT2D eigenvalue weighted by Crippen LogP contribution is -2.44. The van der Waals surface area contributed by atoms with E-state index in [0.29, 0.717) is 41.9 Å². The molecule has 1 aromatic carbocycles. The molecular weight excluding hydrogens is 412 g/mol. The summed E-state index contributed by atoms with van der Waals surface area (Å²) in [5.41, 5.74) is 0.803. The van der Waals surface area contributed by atoms with Crippen LogP contribution >= 0.6 is 0 Å². The number of benzene rings is 1. The monoisotopic (exact) mass is 433 g/mol. The first-order valence-corrected chi connectivity index (χ1v) is 9.70. The standard InChI is InChI=1S/C21H21F2N3O5/c1-25-18-17(19(28)26(2)21(25)29)15(16-11(24-18)5-4-6-12(16)27)10-7-8-13(31-20(22)23)14(9-10)30-3/h7-9,15,20,24H,4-6H2,1-3H3/t15-/m1/s1. The Morgan fingerprint density at radius 1 is 1.10 bits per heavy atom. The number of anilines is 1. The molecule has 1 aliphatic carbocycles. The Hall–Kier alpha value is -3.43. The van der Waals surface area contributed by atoms with E-state index >= 15 is 0 Å². The van der Waals surface area contributed by atoms with E-state index in [1.54, 1.807) is 7.05 Å². The number of methoxy groups -OCH3 is 1. The Bertz CT molecular complexity index is 1230. The van der Waals surface area contributed by atoms with Gasteiger partial charge in [0.05, 0.1) is 12.7 Å². The number of fused-ring (bicyclic) bond motifs is 1. The molecule has 1 aliphatic heterocycles. The van der Waals surface area contributed by atoms with Crippen LogP contribution in [0.3, 0.4) is 0 Å². The second kappa shape index (κ2) is 7.68. The van der Waals surface area contributed by atoms with E-state index in [0.717, 1.165) is 4.57 Å². The van der Waals surface area contributed by atoms with Crippen LogP contribution in [0.1, 0.15) is 36.3 Å². The second-order valence-corrected chi connectivity index (χ2v) is 7.48. The summed E-state index contributed by atoms with van der Waals surface area (Å²) in [6.45, 7) is -3.03. The van der Waals surface area contributed by atoms with Crippen molar-refractivity contribution in [1.82, 2.24) is 9.13 Å². The first kappa shape index (κ1) is 20.8. The summed E-state index contributed by atoms with van der Waals surface area (Å²) in [5.74, 6) is -0.678. The number of ether oxygens (including phenoxy) is 2. The highest BCUT2D eigenvalue weighted by molar-refractivity contribution is 6.00. The lowest BCUT2D eigenvalue weighted by molar-refractivity contribution is -0.116. The predicted molar refractivity (Wildman–Crippen MR) is 108 cm³/mol. The Morgan fingerprint density at radius 2 is 1.84 bits per heavy atom. The van der Waals surface area contributed by atoms with Crippen molar-refractivity contribution in [3.8, 4) is 11.5 Å². The molecule has 1 atom stereocenters. The lowest BCUT2D eigenvalue weighted by atomic mass is 9.76. The molecule has 0 fully saturated rings. The molecule has 0 saturated heterocycles. The molecular formula is C21H21F2N3O5. The van der Waals surface area contributed by atoms with Gasteiger partial charge in [-0.2, -0.15) is 8.78 Å². The Labute approximate surface area is 175 Å². The van der Waals surface area contributed by atoms with Crippen LogP contribution in [0.2, 0.25) is 0 Å². The number of hydrogen-bond acceptors (Lipinski definition) is 6. The average molecular weight is 433 g/mol. The van der Waals surface area contributed by atoms with Crippen LogP contribution in [-0.4, -0.2) is 28.6 Å². The molecule has 2 aromatic rings. The molecule has 31 heavy (non-hydrogen) atoms. The highest BCUT2D eigenvalue weighted by Crippen LogP contribution is 2.45. The number of nitrogens with zero attached hydrogens (tertiary/aromatic N) is 2. The maximum atomic E-state index is 13.1. The average Bonchev–Trinajstić information content (AvgIpc) is 2.75. The van der Waals surface area contributed by atoms with Gasteiger partial charge in [-0.25, -0.2) is 4.79 Å². The van der Waals surface area contributed by atoms with E-state index in [-0.39, 0.29) is 22.8 Å². The van der Waals surface area contributed by atoms with E-state index in [9.17, 15) is 23.2 Å². The van der Waals surface area contributed by atoms with Crippen LogP contribution in [0.5, 0.6) is 11.5 Å². The predicted octanol–water partition coefficient (Wildman–Crippen LogP) is 2.26. The van der Waals surface area contributed by atoms with Crippen LogP contribution in [-0.2, 0) is 18.9 Å². The minimum absolute atomic E-state index is 0.0462. The number of halogens is 2. The fourth-order valence-electron chi connectivity index (χ4n) is 4.29. The molecule has 164 valence electrons. The first-order chi connectivity index (χ1) is 14.7. The van der Waals surface area contributed by atoms with Crippen molar-refractivity contribution >= 4 is 11.6 Å². The number of Topliss-reactive ketones (excluding diaryl/α,β-unsaturated/α-hetero) is 1. The quantitative estimate of drug-likeness (QED) is 0.796. The summed E-state index contributed by atoms with van der Waals surface area (Å²) < 4.78 is 37.5. The fraction of sp³-hybridized carbons (Fsp3) is 0.381. The zero-order valence-corrected chi connectivity index (χ0v) is 17.2. The molecule has 8 nitrogen and oxygen atoms in total. The van der Waals surface area contributed by atoms with Gasteiger partial charge in [0.1, 0.15) is 5.82 Å². The van der Waals surface area contributed by atoms with Gasteiger partial charge in [0, 0.05) is 37.7 Å². The maximum absolute atomic E-state index is 13.1. The SMILES string of the molecule is COc1cc([C@@H]2C3=C(CCCC3=O)Nc3c2c(=O)n(C)c(=O)n3C)ccc1OC(F)F. The molecule has 0 saturated carbocycles. The van der Waals surface area contributed by atoms with Crippen molar-refractivity contribution in [1.29, 1.82) is 0 Å². The maximum Gasteiger partial charge on any atom is 0.387 e. The van der Waals surface area contributed by atoms with E-state index in [2.05, 4.69) is 10.1 Å². The topological polar surface area (TPSA) is 91.6 Å². The second-order valence-electron chi connectivity index (χ2n) is 7.48. The number of alkyl halides is 2. The van der Waals surface area contributed by atoms with E-state index < -0.39 is 23.8 Å². The number of carbonyl (C=O) groups is 1. The van der Waals surface area contributed by atoms with Gasteiger partial charge in [-0.05, 0) is 30.5 Å². The van der Waals surface area contributed by atoms with Gasteiger partial charge in [0.15, 0.2) is 17.3 Å². The number of ketones is 1. The molecule has 2 heterocycles. The summed E-state index contributed by atoms with van der Waals surface area (Å²) in [6.07, 6.45) is 1.57. The molecule has 0 amide bonds. The van der Waals surface area contributed by atoms with Crippen molar-refractivity contribution in [3.63, 3.8) is 0 Å². The molecule has 1 aromatic heterocycles. The Morgan fingerprint density at radius 3 is 2.52 bits per heavy atom. The highest BCUT2D eigenvalue weighted by Gasteiger charge is 2.39. The number of rotatable bonds is 4. The summed E-state index contributed by atoms with van der Waals surface area (Å²) >= 11 is 0. The number of nitrogens with one attached hydrogen (secondary N) is 1. The third-order valence-electron chi connectivity index (χ3n) is 5.74. The van der Waals surface area contributed by atoms with Gasteiger partial charge in [-0.15, -0.1) is 0 Å². The van der Waals surface area contributed by atoms with Crippen LogP contribution < -0.4 is 26.0 Å². The van der Waals surface area contributed by atoms with Crippen LogP contribution in [0.15, 0.2) is 39.1 Å². The van der Waals surface area contributed by atoms with Crippen molar-refractivity contribution < 1.29 is 23.0 Å². The summed E-state index contributed by atoms with van der Waals surface area (Å²) in [7, 11) is 4.22. The van der Waals surface area contributed by atoms with Gasteiger partial charge in [0.25, 0.3) is 5.56 Å². The van der Waals surface area contributed by atoms with E-state index in [4.69, 9.17) is 4.74 Å².